The molecule has 3 rings (SSSR count). The molecule has 3 aromatic rings. The molecule has 1 aromatic carbocycles. The van der Waals surface area contributed by atoms with Gasteiger partial charge < -0.3 is 9.72 Å². The minimum absolute atomic E-state index is 0.101. The number of carbonyl (C=O) groups excluding carboxylic acids is 3. The standard InChI is InChI=1S/C17H16N4O4S2/c1-3-25-12(22)8-26-17-21-20-16(27-17)19-15(24)14(23)13-9(2)18-11-7-5-4-6-10(11)13/h4-7,18H,3,8H2,1-2H3,(H,19,20,24). The first-order chi connectivity index (χ1) is 13.0. The van der Waals surface area contributed by atoms with Gasteiger partial charge in [0.15, 0.2) is 4.34 Å². The van der Waals surface area contributed by atoms with Crippen molar-refractivity contribution in [3.05, 3.63) is 35.5 Å². The number of fused-ring (bicyclic) bond motifs is 1. The molecule has 0 saturated carbocycles. The predicted molar refractivity (Wildman–Crippen MR) is 103 cm³/mol. The molecule has 0 unspecified atom stereocenters. The highest BCUT2D eigenvalue weighted by Crippen LogP contribution is 2.26. The summed E-state index contributed by atoms with van der Waals surface area (Å²) in [6.45, 7) is 3.79. The third-order valence-corrected chi connectivity index (χ3v) is 5.52. The Morgan fingerprint density at radius 3 is 2.81 bits per heavy atom. The van der Waals surface area contributed by atoms with Crippen molar-refractivity contribution >= 4 is 56.8 Å². The lowest BCUT2D eigenvalue weighted by atomic mass is 10.1. The monoisotopic (exact) mass is 404 g/mol. The molecule has 0 aliphatic carbocycles. The van der Waals surface area contributed by atoms with E-state index in [4.69, 9.17) is 4.74 Å². The number of H-pyrrole nitrogens is 1. The van der Waals surface area contributed by atoms with Crippen molar-refractivity contribution < 1.29 is 19.1 Å². The maximum atomic E-state index is 12.6. The second-order valence-electron chi connectivity index (χ2n) is 5.42. The number of rotatable bonds is 7. The Kier molecular flexibility index (Phi) is 5.87. The number of amides is 1. The molecular formula is C17H16N4O4S2. The van der Waals surface area contributed by atoms with E-state index in [1.165, 1.54) is 0 Å². The van der Waals surface area contributed by atoms with Gasteiger partial charge in [-0.05, 0) is 19.9 Å². The van der Waals surface area contributed by atoms with Gasteiger partial charge >= 0.3 is 5.97 Å². The van der Waals surface area contributed by atoms with Crippen LogP contribution in [0.1, 0.15) is 23.0 Å². The molecule has 2 heterocycles. The number of para-hydroxylation sites is 1. The normalized spacial score (nSPS) is 10.7. The van der Waals surface area contributed by atoms with Gasteiger partial charge in [0.25, 0.3) is 11.7 Å². The molecule has 2 N–H and O–H groups in total. The van der Waals surface area contributed by atoms with Crippen molar-refractivity contribution in [1.29, 1.82) is 0 Å². The molecule has 0 radical (unpaired) electrons. The van der Waals surface area contributed by atoms with Gasteiger partial charge in [-0.25, -0.2) is 0 Å². The maximum absolute atomic E-state index is 12.6. The lowest BCUT2D eigenvalue weighted by molar-refractivity contribution is -0.139. The van der Waals surface area contributed by atoms with E-state index in [2.05, 4.69) is 20.5 Å². The third kappa shape index (κ3) is 4.34. The van der Waals surface area contributed by atoms with Crippen LogP contribution in [-0.2, 0) is 14.3 Å². The molecule has 0 spiro atoms. The molecule has 27 heavy (non-hydrogen) atoms. The number of hydrogen-bond donors (Lipinski definition) is 2. The summed E-state index contributed by atoms with van der Waals surface area (Å²) in [4.78, 5) is 39.4. The van der Waals surface area contributed by atoms with Crippen LogP contribution < -0.4 is 5.32 Å². The number of anilines is 1. The third-order valence-electron chi connectivity index (χ3n) is 3.57. The van der Waals surface area contributed by atoms with Gasteiger partial charge in [0.05, 0.1) is 17.9 Å². The molecule has 1 amide bonds. The molecule has 0 atom stereocenters. The Bertz CT molecular complexity index is 1010. The van der Waals surface area contributed by atoms with Gasteiger partial charge in [-0.3, -0.25) is 19.7 Å². The fourth-order valence-corrected chi connectivity index (χ4v) is 4.02. The summed E-state index contributed by atoms with van der Waals surface area (Å²) in [7, 11) is 0. The highest BCUT2D eigenvalue weighted by atomic mass is 32.2. The van der Waals surface area contributed by atoms with Crippen LogP contribution in [0, 0.1) is 6.92 Å². The van der Waals surface area contributed by atoms with E-state index in [0.717, 1.165) is 28.6 Å². The van der Waals surface area contributed by atoms with Crippen molar-refractivity contribution in [2.24, 2.45) is 0 Å². The number of nitrogens with one attached hydrogen (secondary N) is 2. The van der Waals surface area contributed by atoms with Gasteiger partial charge in [0.2, 0.25) is 5.13 Å². The number of thioether (sulfide) groups is 1. The highest BCUT2D eigenvalue weighted by molar-refractivity contribution is 8.01. The van der Waals surface area contributed by atoms with Crippen LogP contribution in [0.3, 0.4) is 0 Å². The number of carbonyl (C=O) groups is 3. The molecule has 10 heteroatoms. The summed E-state index contributed by atoms with van der Waals surface area (Å²) in [5, 5.41) is 11.1. The number of Topliss-reactive ketones (excluding diaryl/α,β-unsaturated/α-hetero) is 1. The number of ether oxygens (including phenoxy) is 1. The minimum Gasteiger partial charge on any atom is -0.465 e. The number of esters is 1. The van der Waals surface area contributed by atoms with Crippen molar-refractivity contribution in [3.63, 3.8) is 0 Å². The van der Waals surface area contributed by atoms with Crippen molar-refractivity contribution in [3.8, 4) is 0 Å². The molecule has 0 fully saturated rings. The second-order valence-corrected chi connectivity index (χ2v) is 7.62. The summed E-state index contributed by atoms with van der Waals surface area (Å²) in [6, 6.07) is 7.29. The summed E-state index contributed by atoms with van der Waals surface area (Å²) in [5.41, 5.74) is 1.75. The molecule has 2 aromatic heterocycles. The van der Waals surface area contributed by atoms with Crippen LogP contribution in [0.5, 0.6) is 0 Å². The molecule has 0 aliphatic heterocycles. The number of hydrogen-bond acceptors (Lipinski definition) is 8. The van der Waals surface area contributed by atoms with Crippen molar-refractivity contribution in [1.82, 2.24) is 15.2 Å². The fraction of sp³-hybridized carbons (Fsp3) is 0.235. The molecule has 0 aliphatic rings. The zero-order chi connectivity index (χ0) is 19.4. The number of nitrogens with zero attached hydrogens (tertiary/aromatic N) is 2. The Labute approximate surface area is 162 Å². The zero-order valence-corrected chi connectivity index (χ0v) is 16.2. The first-order valence-corrected chi connectivity index (χ1v) is 9.84. The number of aromatic nitrogens is 3. The first-order valence-electron chi connectivity index (χ1n) is 8.04. The van der Waals surface area contributed by atoms with Gasteiger partial charge in [0.1, 0.15) is 0 Å². The molecule has 0 saturated heterocycles. The molecular weight excluding hydrogens is 388 g/mol. The Balaban J connectivity index is 1.67. The Hall–Kier alpha value is -2.72. The first kappa shape index (κ1) is 19.1. The predicted octanol–water partition coefficient (Wildman–Crippen LogP) is 2.80. The quantitative estimate of drug-likeness (QED) is 0.205. The SMILES string of the molecule is CCOC(=O)CSc1nnc(NC(=O)C(=O)c2c(C)[nH]c3ccccc23)s1. The number of ketones is 1. The average molecular weight is 404 g/mol. The van der Waals surface area contributed by atoms with Crippen LogP contribution >= 0.6 is 23.1 Å². The van der Waals surface area contributed by atoms with Crippen molar-refractivity contribution in [2.45, 2.75) is 18.2 Å². The number of aromatic amines is 1. The van der Waals surface area contributed by atoms with Crippen LogP contribution in [0.15, 0.2) is 28.6 Å². The van der Waals surface area contributed by atoms with Gasteiger partial charge in [-0.2, -0.15) is 0 Å². The topological polar surface area (TPSA) is 114 Å². The van der Waals surface area contributed by atoms with Crippen LogP contribution in [-0.4, -0.2) is 45.2 Å². The van der Waals surface area contributed by atoms with Crippen molar-refractivity contribution in [2.75, 3.05) is 17.7 Å². The van der Waals surface area contributed by atoms with E-state index in [-0.39, 0.29) is 16.9 Å². The Morgan fingerprint density at radius 2 is 2.04 bits per heavy atom. The summed E-state index contributed by atoms with van der Waals surface area (Å²) in [6.07, 6.45) is 0. The average Bonchev–Trinajstić information content (AvgIpc) is 3.22. The summed E-state index contributed by atoms with van der Waals surface area (Å²) >= 11 is 2.24. The number of benzene rings is 1. The molecule has 8 nitrogen and oxygen atoms in total. The summed E-state index contributed by atoms with van der Waals surface area (Å²) < 4.78 is 5.33. The van der Waals surface area contributed by atoms with E-state index in [1.54, 1.807) is 19.9 Å². The largest absolute Gasteiger partial charge is 0.465 e. The molecule has 140 valence electrons. The number of aryl methyl sites for hydroxylation is 1. The minimum atomic E-state index is -0.791. The lowest BCUT2D eigenvalue weighted by Gasteiger charge is -2.01. The smallest absolute Gasteiger partial charge is 0.316 e. The van der Waals surface area contributed by atoms with Gasteiger partial charge in [0, 0.05) is 16.6 Å². The van der Waals surface area contributed by atoms with Gasteiger partial charge in [-0.15, -0.1) is 10.2 Å². The van der Waals surface area contributed by atoms with E-state index in [9.17, 15) is 14.4 Å². The van der Waals surface area contributed by atoms with E-state index >= 15 is 0 Å². The Morgan fingerprint density at radius 1 is 1.26 bits per heavy atom. The van der Waals surface area contributed by atoms with Gasteiger partial charge in [-0.1, -0.05) is 41.3 Å². The van der Waals surface area contributed by atoms with E-state index in [0.29, 0.717) is 27.6 Å². The van der Waals surface area contributed by atoms with E-state index < -0.39 is 11.7 Å². The highest BCUT2D eigenvalue weighted by Gasteiger charge is 2.23. The van der Waals surface area contributed by atoms with Crippen LogP contribution in [0.2, 0.25) is 0 Å². The zero-order valence-electron chi connectivity index (χ0n) is 14.6. The lowest BCUT2D eigenvalue weighted by Crippen LogP contribution is -2.23. The second kappa shape index (κ2) is 8.31. The van der Waals surface area contributed by atoms with Crippen LogP contribution in [0.25, 0.3) is 10.9 Å². The van der Waals surface area contributed by atoms with Crippen LogP contribution in [0.4, 0.5) is 5.13 Å². The maximum Gasteiger partial charge on any atom is 0.316 e. The summed E-state index contributed by atoms with van der Waals surface area (Å²) in [5.74, 6) is -1.70. The molecule has 0 bridgehead atoms. The van der Waals surface area contributed by atoms with E-state index in [1.807, 2.05) is 18.2 Å². The fourth-order valence-electron chi connectivity index (χ4n) is 2.48.